The molecule has 6 nitrogen and oxygen atoms in total. The minimum Gasteiger partial charge on any atom is -0.399 e. The van der Waals surface area contributed by atoms with Crippen molar-refractivity contribution in [3.05, 3.63) is 41.5 Å². The number of aromatic nitrogens is 3. The largest absolute Gasteiger partial charge is 0.399 e. The second kappa shape index (κ2) is 4.96. The highest BCUT2D eigenvalue weighted by Crippen LogP contribution is 2.19. The first-order valence-electron chi connectivity index (χ1n) is 6.73. The van der Waals surface area contributed by atoms with Crippen LogP contribution in [0.2, 0.25) is 0 Å². The van der Waals surface area contributed by atoms with Crippen LogP contribution in [0.5, 0.6) is 0 Å². The Labute approximate surface area is 117 Å². The number of hydrogen-bond acceptors (Lipinski definition) is 4. The molecule has 0 saturated heterocycles. The van der Waals surface area contributed by atoms with Crippen LogP contribution in [0.4, 0.5) is 5.69 Å². The van der Waals surface area contributed by atoms with Gasteiger partial charge in [-0.3, -0.25) is 4.79 Å². The van der Waals surface area contributed by atoms with E-state index in [-0.39, 0.29) is 11.9 Å². The Morgan fingerprint density at radius 1 is 1.35 bits per heavy atom. The molecule has 1 aliphatic rings. The molecule has 1 aromatic heterocycles. The minimum atomic E-state index is -0.167. The Hall–Kier alpha value is -2.37. The van der Waals surface area contributed by atoms with E-state index in [1.54, 1.807) is 24.3 Å². The fraction of sp³-hybridized carbons (Fsp3) is 0.357. The van der Waals surface area contributed by atoms with Gasteiger partial charge < -0.3 is 15.6 Å². The van der Waals surface area contributed by atoms with Crippen molar-refractivity contribution in [1.29, 1.82) is 0 Å². The zero-order valence-corrected chi connectivity index (χ0v) is 11.3. The molecule has 6 heteroatoms. The van der Waals surface area contributed by atoms with Crippen LogP contribution >= 0.6 is 0 Å². The molecule has 2 heterocycles. The molecule has 1 amide bonds. The van der Waals surface area contributed by atoms with Gasteiger partial charge in [-0.2, -0.15) is 0 Å². The van der Waals surface area contributed by atoms with Gasteiger partial charge in [0.25, 0.3) is 5.91 Å². The number of nitrogens with zero attached hydrogens (tertiary/aromatic N) is 3. The van der Waals surface area contributed by atoms with E-state index < -0.39 is 0 Å². The summed E-state index contributed by atoms with van der Waals surface area (Å²) in [5, 5.41) is 11.3. The van der Waals surface area contributed by atoms with Gasteiger partial charge in [0.1, 0.15) is 5.82 Å². The van der Waals surface area contributed by atoms with E-state index >= 15 is 0 Å². The van der Waals surface area contributed by atoms with Crippen LogP contribution in [0.1, 0.15) is 41.4 Å². The van der Waals surface area contributed by atoms with Gasteiger partial charge in [0.15, 0.2) is 5.82 Å². The molecule has 3 rings (SSSR count). The maximum atomic E-state index is 12.2. The van der Waals surface area contributed by atoms with Crippen LogP contribution in [0.15, 0.2) is 24.3 Å². The molecule has 3 N–H and O–H groups in total. The number of carbonyl (C=O) groups excluding carboxylic acids is 1. The lowest BCUT2D eigenvalue weighted by Gasteiger charge is -2.14. The van der Waals surface area contributed by atoms with Gasteiger partial charge in [0, 0.05) is 24.2 Å². The molecule has 0 radical (unpaired) electrons. The first kappa shape index (κ1) is 12.7. The molecule has 1 atom stereocenters. The summed E-state index contributed by atoms with van der Waals surface area (Å²) >= 11 is 0. The number of nitrogen functional groups attached to an aromatic ring is 1. The predicted molar refractivity (Wildman–Crippen MR) is 75.1 cm³/mol. The van der Waals surface area contributed by atoms with Crippen LogP contribution in [-0.2, 0) is 13.0 Å². The van der Waals surface area contributed by atoms with E-state index in [0.717, 1.165) is 31.0 Å². The number of hydrogen-bond donors (Lipinski definition) is 2. The Morgan fingerprint density at radius 2 is 2.10 bits per heavy atom. The smallest absolute Gasteiger partial charge is 0.251 e. The van der Waals surface area contributed by atoms with Gasteiger partial charge in [-0.15, -0.1) is 10.2 Å². The summed E-state index contributed by atoms with van der Waals surface area (Å²) in [5.74, 6) is 1.70. The molecule has 0 saturated carbocycles. The summed E-state index contributed by atoms with van der Waals surface area (Å²) in [7, 11) is 0. The molecule has 1 aromatic carbocycles. The molecular formula is C14H17N5O. The molecule has 1 aliphatic heterocycles. The number of amides is 1. The van der Waals surface area contributed by atoms with Crippen molar-refractivity contribution in [2.45, 2.75) is 32.4 Å². The van der Waals surface area contributed by atoms with Crippen LogP contribution in [0.3, 0.4) is 0 Å². The van der Waals surface area contributed by atoms with Crippen LogP contribution in [0.25, 0.3) is 0 Å². The summed E-state index contributed by atoms with van der Waals surface area (Å²) in [5.41, 5.74) is 6.85. The van der Waals surface area contributed by atoms with Crippen molar-refractivity contribution >= 4 is 11.6 Å². The number of fused-ring (bicyclic) bond motifs is 1. The maximum absolute atomic E-state index is 12.2. The number of aryl methyl sites for hydroxylation is 1. The molecule has 104 valence electrons. The molecular weight excluding hydrogens is 254 g/mol. The van der Waals surface area contributed by atoms with Crippen molar-refractivity contribution in [1.82, 2.24) is 20.1 Å². The van der Waals surface area contributed by atoms with Crippen LogP contribution < -0.4 is 11.1 Å². The average Bonchev–Trinajstić information content (AvgIpc) is 3.01. The first-order valence-corrected chi connectivity index (χ1v) is 6.73. The standard InChI is InChI=1S/C14H17N5O/c1-9(13-18-17-12-3-2-8-19(12)13)16-14(20)10-4-6-11(15)7-5-10/h4-7,9H,2-3,8,15H2,1H3,(H,16,20). The van der Waals surface area contributed by atoms with Gasteiger partial charge in [0.05, 0.1) is 6.04 Å². The van der Waals surface area contributed by atoms with Gasteiger partial charge in [-0.1, -0.05) is 0 Å². The van der Waals surface area contributed by atoms with Gasteiger partial charge in [0.2, 0.25) is 0 Å². The lowest BCUT2D eigenvalue weighted by molar-refractivity contribution is 0.0937. The highest BCUT2D eigenvalue weighted by Gasteiger charge is 2.22. The van der Waals surface area contributed by atoms with E-state index in [0.29, 0.717) is 11.3 Å². The third-order valence-corrected chi connectivity index (χ3v) is 3.55. The molecule has 0 bridgehead atoms. The van der Waals surface area contributed by atoms with Crippen LogP contribution in [-0.4, -0.2) is 20.7 Å². The summed E-state index contributed by atoms with van der Waals surface area (Å²) in [6.07, 6.45) is 2.06. The molecule has 0 fully saturated rings. The fourth-order valence-corrected chi connectivity index (χ4v) is 2.47. The zero-order chi connectivity index (χ0) is 14.1. The summed E-state index contributed by atoms with van der Waals surface area (Å²) in [6, 6.07) is 6.69. The lowest BCUT2D eigenvalue weighted by Crippen LogP contribution is -2.28. The molecule has 2 aromatic rings. The van der Waals surface area contributed by atoms with E-state index in [2.05, 4.69) is 20.1 Å². The first-order chi connectivity index (χ1) is 9.65. The van der Waals surface area contributed by atoms with Crippen molar-refractivity contribution in [2.75, 3.05) is 5.73 Å². The fourth-order valence-electron chi connectivity index (χ4n) is 2.47. The number of nitrogens with two attached hydrogens (primary N) is 1. The Bertz CT molecular complexity index is 632. The van der Waals surface area contributed by atoms with E-state index in [9.17, 15) is 4.79 Å². The second-order valence-corrected chi connectivity index (χ2v) is 5.05. The quantitative estimate of drug-likeness (QED) is 0.824. The Balaban J connectivity index is 1.73. The van der Waals surface area contributed by atoms with Crippen molar-refractivity contribution < 1.29 is 4.79 Å². The van der Waals surface area contributed by atoms with Crippen molar-refractivity contribution in [3.8, 4) is 0 Å². The SMILES string of the molecule is CC(NC(=O)c1ccc(N)cc1)c1nnc2n1CCC2. The monoisotopic (exact) mass is 271 g/mol. The summed E-state index contributed by atoms with van der Waals surface area (Å²) < 4.78 is 2.09. The number of anilines is 1. The lowest BCUT2D eigenvalue weighted by atomic mass is 10.2. The number of benzene rings is 1. The number of carbonyl (C=O) groups is 1. The van der Waals surface area contributed by atoms with Gasteiger partial charge in [-0.25, -0.2) is 0 Å². The molecule has 20 heavy (non-hydrogen) atoms. The van der Waals surface area contributed by atoms with E-state index in [4.69, 9.17) is 5.73 Å². The number of rotatable bonds is 3. The Morgan fingerprint density at radius 3 is 2.85 bits per heavy atom. The van der Waals surface area contributed by atoms with Crippen LogP contribution in [0, 0.1) is 0 Å². The summed E-state index contributed by atoms with van der Waals surface area (Å²) in [6.45, 7) is 2.85. The molecule has 0 aliphatic carbocycles. The zero-order valence-electron chi connectivity index (χ0n) is 11.3. The third-order valence-electron chi connectivity index (χ3n) is 3.55. The summed E-state index contributed by atoms with van der Waals surface area (Å²) in [4.78, 5) is 12.2. The molecule has 0 spiro atoms. The Kier molecular flexibility index (Phi) is 3.14. The second-order valence-electron chi connectivity index (χ2n) is 5.05. The highest BCUT2D eigenvalue weighted by atomic mass is 16.1. The van der Waals surface area contributed by atoms with E-state index in [1.807, 2.05) is 6.92 Å². The topological polar surface area (TPSA) is 85.8 Å². The van der Waals surface area contributed by atoms with Crippen molar-refractivity contribution in [3.63, 3.8) is 0 Å². The average molecular weight is 271 g/mol. The van der Waals surface area contributed by atoms with Gasteiger partial charge >= 0.3 is 0 Å². The molecule has 1 unspecified atom stereocenters. The van der Waals surface area contributed by atoms with Gasteiger partial charge in [-0.05, 0) is 37.6 Å². The van der Waals surface area contributed by atoms with E-state index in [1.165, 1.54) is 0 Å². The van der Waals surface area contributed by atoms with Crippen molar-refractivity contribution in [2.24, 2.45) is 0 Å². The number of nitrogens with one attached hydrogen (secondary N) is 1. The maximum Gasteiger partial charge on any atom is 0.251 e. The predicted octanol–water partition coefficient (Wildman–Crippen LogP) is 1.30. The third kappa shape index (κ3) is 2.24. The minimum absolute atomic E-state index is 0.132. The normalized spacial score (nSPS) is 14.8. The highest BCUT2D eigenvalue weighted by molar-refractivity contribution is 5.94.